The molecule has 2 aliphatic heterocycles. The van der Waals surface area contributed by atoms with Gasteiger partial charge in [-0.2, -0.15) is 11.8 Å². The van der Waals surface area contributed by atoms with E-state index < -0.39 is 0 Å². The molecule has 0 aliphatic carbocycles. The van der Waals surface area contributed by atoms with Crippen molar-refractivity contribution < 1.29 is 4.74 Å². The summed E-state index contributed by atoms with van der Waals surface area (Å²) in [6, 6.07) is 0.309. The van der Waals surface area contributed by atoms with Gasteiger partial charge >= 0.3 is 0 Å². The average molecular weight is 316 g/mol. The molecule has 2 rings (SSSR count). The van der Waals surface area contributed by atoms with Gasteiger partial charge in [0.15, 0.2) is 0 Å². The molecule has 4 nitrogen and oxygen atoms in total. The van der Waals surface area contributed by atoms with Crippen LogP contribution < -0.4 is 11.3 Å². The Morgan fingerprint density at radius 3 is 2.67 bits per heavy atom. The summed E-state index contributed by atoms with van der Waals surface area (Å²) in [7, 11) is 0. The van der Waals surface area contributed by atoms with Crippen LogP contribution in [0.1, 0.15) is 47.0 Å². The van der Waals surface area contributed by atoms with Crippen molar-refractivity contribution in [3.8, 4) is 0 Å². The summed E-state index contributed by atoms with van der Waals surface area (Å²) in [5, 5.41) is 0. The van der Waals surface area contributed by atoms with Gasteiger partial charge in [0.25, 0.3) is 0 Å². The van der Waals surface area contributed by atoms with Gasteiger partial charge in [-0.3, -0.25) is 16.2 Å². The highest BCUT2D eigenvalue weighted by Crippen LogP contribution is 2.43. The number of ether oxygens (including phenoxy) is 1. The normalized spacial score (nSPS) is 32.0. The largest absolute Gasteiger partial charge is 0.374 e. The zero-order valence-corrected chi connectivity index (χ0v) is 15.0. The van der Waals surface area contributed by atoms with E-state index in [1.807, 2.05) is 11.8 Å². The maximum atomic E-state index is 6.17. The zero-order chi connectivity index (χ0) is 15.5. The van der Waals surface area contributed by atoms with Gasteiger partial charge in [-0.05, 0) is 57.9 Å². The van der Waals surface area contributed by atoms with Crippen molar-refractivity contribution in [1.82, 2.24) is 10.3 Å². The highest BCUT2D eigenvalue weighted by atomic mass is 32.2. The molecule has 5 heteroatoms. The van der Waals surface area contributed by atoms with Crippen molar-refractivity contribution in [2.45, 2.75) is 64.1 Å². The van der Waals surface area contributed by atoms with Crippen LogP contribution in [-0.2, 0) is 4.74 Å². The number of hydrogen-bond donors (Lipinski definition) is 2. The van der Waals surface area contributed by atoms with Crippen LogP contribution in [0, 0.1) is 5.92 Å². The average Bonchev–Trinajstić information content (AvgIpc) is 2.88. The van der Waals surface area contributed by atoms with Crippen LogP contribution in [-0.4, -0.2) is 53.3 Å². The van der Waals surface area contributed by atoms with Crippen LogP contribution in [0.4, 0.5) is 0 Å². The molecule has 0 aromatic carbocycles. The van der Waals surface area contributed by atoms with E-state index in [2.05, 4.69) is 38.0 Å². The first-order valence-electron chi connectivity index (χ1n) is 8.42. The van der Waals surface area contributed by atoms with Crippen LogP contribution in [0.5, 0.6) is 0 Å². The van der Waals surface area contributed by atoms with E-state index in [9.17, 15) is 0 Å². The second kappa shape index (κ2) is 7.18. The number of thioether (sulfide) groups is 1. The molecule has 0 aromatic heterocycles. The third-order valence-corrected chi connectivity index (χ3v) is 6.81. The smallest absolute Gasteiger partial charge is 0.0783 e. The van der Waals surface area contributed by atoms with Crippen LogP contribution in [0.2, 0.25) is 0 Å². The monoisotopic (exact) mass is 315 g/mol. The quantitative estimate of drug-likeness (QED) is 0.581. The van der Waals surface area contributed by atoms with Crippen LogP contribution >= 0.6 is 11.8 Å². The molecule has 0 aromatic rings. The maximum Gasteiger partial charge on any atom is 0.0783 e. The number of likely N-dealkylation sites (N-methyl/N-ethyl adjacent to an activating group) is 1. The zero-order valence-electron chi connectivity index (χ0n) is 14.2. The fourth-order valence-corrected chi connectivity index (χ4v) is 5.74. The van der Waals surface area contributed by atoms with Gasteiger partial charge in [0, 0.05) is 23.9 Å². The number of nitrogens with zero attached hydrogens (tertiary/aromatic N) is 1. The SMILES string of the molecule is CCN(CC)C(C)(C)C(NN)C1CCOC2(CCSC2)C1. The molecule has 2 heterocycles. The van der Waals surface area contributed by atoms with Gasteiger partial charge < -0.3 is 4.74 Å². The van der Waals surface area contributed by atoms with Crippen molar-refractivity contribution in [3.63, 3.8) is 0 Å². The summed E-state index contributed by atoms with van der Waals surface area (Å²) < 4.78 is 6.17. The molecule has 0 saturated carbocycles. The summed E-state index contributed by atoms with van der Waals surface area (Å²) >= 11 is 2.04. The topological polar surface area (TPSA) is 50.5 Å². The highest BCUT2D eigenvalue weighted by molar-refractivity contribution is 7.99. The Balaban J connectivity index is 2.12. The Kier molecular flexibility index (Phi) is 5.99. The minimum absolute atomic E-state index is 0.0627. The van der Waals surface area contributed by atoms with Crippen LogP contribution in [0.15, 0.2) is 0 Å². The maximum absolute atomic E-state index is 6.17. The van der Waals surface area contributed by atoms with E-state index >= 15 is 0 Å². The van der Waals surface area contributed by atoms with Crippen molar-refractivity contribution >= 4 is 11.8 Å². The van der Waals surface area contributed by atoms with Gasteiger partial charge in [0.1, 0.15) is 0 Å². The summed E-state index contributed by atoms with van der Waals surface area (Å²) in [6.07, 6.45) is 3.47. The summed E-state index contributed by atoms with van der Waals surface area (Å²) in [4.78, 5) is 2.52. The van der Waals surface area contributed by atoms with Gasteiger partial charge in [0.2, 0.25) is 0 Å². The molecular weight excluding hydrogens is 282 g/mol. The third-order valence-electron chi connectivity index (χ3n) is 5.59. The molecule has 2 saturated heterocycles. The van der Waals surface area contributed by atoms with Crippen molar-refractivity contribution in [3.05, 3.63) is 0 Å². The minimum atomic E-state index is 0.0627. The predicted molar refractivity (Wildman–Crippen MR) is 91.5 cm³/mol. The summed E-state index contributed by atoms with van der Waals surface area (Å²) in [5.74, 6) is 9.00. The number of hydrazine groups is 1. The number of rotatable bonds is 6. The van der Waals surface area contributed by atoms with E-state index in [0.29, 0.717) is 12.0 Å². The van der Waals surface area contributed by atoms with Gasteiger partial charge in [0.05, 0.1) is 5.60 Å². The number of nitrogens with two attached hydrogens (primary N) is 1. The molecule has 1 spiro atoms. The standard InChI is InChI=1S/C16H33N3OS/c1-5-19(6-2)15(3,4)14(18-17)13-7-9-20-16(11-13)8-10-21-12-16/h13-14,18H,5-12,17H2,1-4H3. The molecule has 3 atom stereocenters. The minimum Gasteiger partial charge on any atom is -0.374 e. The van der Waals surface area contributed by atoms with Gasteiger partial charge in [-0.1, -0.05) is 13.8 Å². The predicted octanol–water partition coefficient (Wildman–Crippen LogP) is 2.24. The molecule has 2 aliphatic rings. The van der Waals surface area contributed by atoms with Gasteiger partial charge in [-0.15, -0.1) is 0 Å². The summed E-state index contributed by atoms with van der Waals surface area (Å²) in [5.41, 5.74) is 3.35. The Hall–Kier alpha value is 0.190. The number of hydrogen-bond acceptors (Lipinski definition) is 5. The fraction of sp³-hybridized carbons (Fsp3) is 1.00. The first-order chi connectivity index (χ1) is 9.99. The second-order valence-electron chi connectivity index (χ2n) is 7.06. The van der Waals surface area contributed by atoms with Crippen LogP contribution in [0.3, 0.4) is 0 Å². The lowest BCUT2D eigenvalue weighted by Crippen LogP contribution is -2.63. The lowest BCUT2D eigenvalue weighted by molar-refractivity contribution is -0.0954. The highest BCUT2D eigenvalue weighted by Gasteiger charge is 2.46. The Morgan fingerprint density at radius 2 is 2.14 bits per heavy atom. The molecule has 0 radical (unpaired) electrons. The Morgan fingerprint density at radius 1 is 1.43 bits per heavy atom. The lowest BCUT2D eigenvalue weighted by atomic mass is 9.74. The van der Waals surface area contributed by atoms with E-state index in [0.717, 1.165) is 38.3 Å². The van der Waals surface area contributed by atoms with Crippen LogP contribution in [0.25, 0.3) is 0 Å². The van der Waals surface area contributed by atoms with Crippen molar-refractivity contribution in [1.29, 1.82) is 0 Å². The molecule has 3 N–H and O–H groups in total. The van der Waals surface area contributed by atoms with E-state index in [1.165, 1.54) is 12.2 Å². The Labute approximate surface area is 134 Å². The molecule has 0 bridgehead atoms. The van der Waals surface area contributed by atoms with Crippen molar-refractivity contribution in [2.24, 2.45) is 11.8 Å². The lowest BCUT2D eigenvalue weighted by Gasteiger charge is -2.49. The molecule has 0 amide bonds. The Bertz CT molecular complexity index is 327. The van der Waals surface area contributed by atoms with E-state index in [-0.39, 0.29) is 11.1 Å². The molecule has 3 unspecified atom stereocenters. The fourth-order valence-electron chi connectivity index (χ4n) is 4.37. The summed E-state index contributed by atoms with van der Waals surface area (Å²) in [6.45, 7) is 12.1. The van der Waals surface area contributed by atoms with Crippen molar-refractivity contribution in [2.75, 3.05) is 31.2 Å². The number of nitrogens with one attached hydrogen (secondary N) is 1. The van der Waals surface area contributed by atoms with E-state index in [4.69, 9.17) is 10.6 Å². The van der Waals surface area contributed by atoms with E-state index in [1.54, 1.807) is 0 Å². The molecular formula is C16H33N3OS. The third kappa shape index (κ3) is 3.58. The molecule has 2 fully saturated rings. The second-order valence-corrected chi connectivity index (χ2v) is 8.16. The van der Waals surface area contributed by atoms with Gasteiger partial charge in [-0.25, -0.2) is 0 Å². The first-order valence-corrected chi connectivity index (χ1v) is 9.57. The molecule has 21 heavy (non-hydrogen) atoms. The first kappa shape index (κ1) is 17.5. The molecule has 124 valence electrons.